The number of carbonyl (C=O) groups is 4. The van der Waals surface area contributed by atoms with E-state index < -0.39 is 29.9 Å². The molecule has 48 heavy (non-hydrogen) atoms. The van der Waals surface area contributed by atoms with E-state index in [4.69, 9.17) is 0 Å². The molecule has 0 spiro atoms. The van der Waals surface area contributed by atoms with Gasteiger partial charge in [-0.05, 0) is 68.1 Å². The maximum absolute atomic E-state index is 14.2. The van der Waals surface area contributed by atoms with Gasteiger partial charge in [0, 0.05) is 53.0 Å². The van der Waals surface area contributed by atoms with E-state index in [0.717, 1.165) is 51.6 Å². The summed E-state index contributed by atoms with van der Waals surface area (Å²) in [4.78, 5) is 61.0. The monoisotopic (exact) mass is 646 g/mol. The van der Waals surface area contributed by atoms with Crippen LogP contribution in [-0.2, 0) is 38.4 Å². The summed E-state index contributed by atoms with van der Waals surface area (Å²) >= 11 is 0. The Labute approximate surface area is 279 Å². The van der Waals surface area contributed by atoms with Gasteiger partial charge in [-0.25, -0.2) is 0 Å². The van der Waals surface area contributed by atoms with Crippen molar-refractivity contribution in [1.82, 2.24) is 31.2 Å². The van der Waals surface area contributed by atoms with Gasteiger partial charge in [-0.15, -0.1) is 0 Å². The van der Waals surface area contributed by atoms with E-state index in [-0.39, 0.29) is 30.4 Å². The van der Waals surface area contributed by atoms with E-state index in [2.05, 4.69) is 31.2 Å². The van der Waals surface area contributed by atoms with Crippen molar-refractivity contribution in [3.8, 4) is 0 Å². The highest BCUT2D eigenvalue weighted by Gasteiger charge is 2.32. The largest absolute Gasteiger partial charge is 0.361 e. The van der Waals surface area contributed by atoms with Gasteiger partial charge in [0.15, 0.2) is 5.78 Å². The number of carbonyl (C=O) groups excluding carboxylic acids is 4. The number of nitrogens with one attached hydrogen (secondary N) is 6. The zero-order chi connectivity index (χ0) is 33.5. The van der Waals surface area contributed by atoms with E-state index in [1.54, 1.807) is 0 Å². The van der Waals surface area contributed by atoms with E-state index in [1.807, 2.05) is 91.3 Å². The molecule has 3 atom stereocenters. The number of Topliss-reactive ketones (excluding diaryl/α,β-unsaturated/α-hetero) is 1. The number of aromatic nitrogens is 2. The summed E-state index contributed by atoms with van der Waals surface area (Å²) in [6.45, 7) is 2.93. The molecule has 0 saturated carbocycles. The van der Waals surface area contributed by atoms with Gasteiger partial charge in [0.25, 0.3) is 0 Å². The molecule has 3 unspecified atom stereocenters. The Morgan fingerprint density at radius 2 is 1.15 bits per heavy atom. The minimum atomic E-state index is -1.02. The number of H-pyrrole nitrogens is 2. The zero-order valence-electron chi connectivity index (χ0n) is 27.1. The molecule has 5 aromatic rings. The average molecular weight is 647 g/mol. The topological polar surface area (TPSA) is 148 Å². The fourth-order valence-corrected chi connectivity index (χ4v) is 6.52. The Morgan fingerprint density at radius 3 is 1.71 bits per heavy atom. The van der Waals surface area contributed by atoms with Crippen LogP contribution in [0.2, 0.25) is 0 Å². The zero-order valence-corrected chi connectivity index (χ0v) is 27.1. The number of hydrogen-bond donors (Lipinski definition) is 6. The number of benzene rings is 3. The third kappa shape index (κ3) is 7.83. The maximum Gasteiger partial charge on any atom is 0.243 e. The molecular formula is C38H42N6O4. The molecule has 3 amide bonds. The van der Waals surface area contributed by atoms with Crippen molar-refractivity contribution in [2.24, 2.45) is 5.92 Å². The lowest BCUT2D eigenvalue weighted by molar-refractivity contribution is -0.134. The van der Waals surface area contributed by atoms with Crippen molar-refractivity contribution >= 4 is 45.3 Å². The lowest BCUT2D eigenvalue weighted by Crippen LogP contribution is -2.57. The summed E-state index contributed by atoms with van der Waals surface area (Å²) in [7, 11) is 0. The summed E-state index contributed by atoms with van der Waals surface area (Å²) in [5, 5.41) is 14.1. The molecule has 1 fully saturated rings. The molecule has 0 bridgehead atoms. The lowest BCUT2D eigenvalue weighted by Gasteiger charge is -2.27. The van der Waals surface area contributed by atoms with Crippen molar-refractivity contribution in [3.63, 3.8) is 0 Å². The number of fused-ring (bicyclic) bond motifs is 2. The van der Waals surface area contributed by atoms with Gasteiger partial charge in [-0.3, -0.25) is 19.2 Å². The van der Waals surface area contributed by atoms with Gasteiger partial charge >= 0.3 is 0 Å². The number of piperidine rings is 1. The summed E-state index contributed by atoms with van der Waals surface area (Å²) in [6, 6.07) is 22.3. The van der Waals surface area contributed by atoms with Crippen LogP contribution in [0.15, 0.2) is 91.3 Å². The highest BCUT2D eigenvalue weighted by Crippen LogP contribution is 2.22. The van der Waals surface area contributed by atoms with Gasteiger partial charge in [0.2, 0.25) is 17.7 Å². The van der Waals surface area contributed by atoms with E-state index >= 15 is 0 Å². The number of rotatable bonds is 13. The molecule has 0 aliphatic carbocycles. The SMILES string of the molecule is CC(=O)C(Cc1ccccc1)NC(=O)C(Cc1c[nH]c2ccccc12)NC(=O)C(Cc1c[nH]c2ccccc12)NC(=O)C1CCNCC1. The summed E-state index contributed by atoms with van der Waals surface area (Å²) in [5.41, 5.74) is 4.49. The minimum Gasteiger partial charge on any atom is -0.361 e. The molecule has 6 N–H and O–H groups in total. The van der Waals surface area contributed by atoms with Crippen LogP contribution in [0.1, 0.15) is 36.5 Å². The second-order valence-corrected chi connectivity index (χ2v) is 12.6. The van der Waals surface area contributed by atoms with Crippen molar-refractivity contribution < 1.29 is 19.2 Å². The van der Waals surface area contributed by atoms with Gasteiger partial charge in [0.1, 0.15) is 12.1 Å². The lowest BCUT2D eigenvalue weighted by atomic mass is 9.96. The Hall–Kier alpha value is -5.22. The quantitative estimate of drug-likeness (QED) is 0.115. The van der Waals surface area contributed by atoms with Crippen LogP contribution >= 0.6 is 0 Å². The predicted molar refractivity (Wildman–Crippen MR) is 186 cm³/mol. The second-order valence-electron chi connectivity index (χ2n) is 12.6. The number of aromatic amines is 2. The molecule has 0 radical (unpaired) electrons. The predicted octanol–water partition coefficient (Wildman–Crippen LogP) is 3.72. The van der Waals surface area contributed by atoms with E-state index in [9.17, 15) is 19.2 Å². The van der Waals surface area contributed by atoms with Crippen molar-refractivity contribution in [2.45, 2.75) is 57.2 Å². The number of ketones is 1. The van der Waals surface area contributed by atoms with Gasteiger partial charge in [-0.1, -0.05) is 66.7 Å². The van der Waals surface area contributed by atoms with Crippen LogP contribution in [0.25, 0.3) is 21.8 Å². The second kappa shape index (κ2) is 15.1. The first-order valence-electron chi connectivity index (χ1n) is 16.6. The molecule has 10 heteroatoms. The molecule has 1 aliphatic rings. The van der Waals surface area contributed by atoms with Gasteiger partial charge in [0.05, 0.1) is 6.04 Å². The third-order valence-corrected chi connectivity index (χ3v) is 9.26. The van der Waals surface area contributed by atoms with Gasteiger partial charge in [-0.2, -0.15) is 0 Å². The van der Waals surface area contributed by atoms with Crippen LogP contribution in [0.3, 0.4) is 0 Å². The van der Waals surface area contributed by atoms with Crippen LogP contribution in [0.5, 0.6) is 0 Å². The molecular weight excluding hydrogens is 604 g/mol. The first kappa shape index (κ1) is 32.7. The summed E-state index contributed by atoms with van der Waals surface area (Å²) in [5.74, 6) is -1.50. The van der Waals surface area contributed by atoms with Crippen molar-refractivity contribution in [2.75, 3.05) is 13.1 Å². The molecule has 3 aromatic carbocycles. The first-order valence-corrected chi connectivity index (χ1v) is 16.6. The molecule has 1 aliphatic heterocycles. The first-order chi connectivity index (χ1) is 23.4. The Morgan fingerprint density at radius 1 is 0.646 bits per heavy atom. The normalized spacial score (nSPS) is 15.4. The summed E-state index contributed by atoms with van der Waals surface area (Å²) < 4.78 is 0. The molecule has 3 heterocycles. The smallest absolute Gasteiger partial charge is 0.243 e. The van der Waals surface area contributed by atoms with Crippen LogP contribution in [-0.4, -0.2) is 64.7 Å². The molecule has 248 valence electrons. The number of hydrogen-bond acceptors (Lipinski definition) is 5. The Balaban J connectivity index is 1.27. The number of para-hydroxylation sites is 2. The van der Waals surface area contributed by atoms with Crippen LogP contribution in [0.4, 0.5) is 0 Å². The van der Waals surface area contributed by atoms with Crippen molar-refractivity contribution in [3.05, 3.63) is 108 Å². The van der Waals surface area contributed by atoms with Gasteiger partial charge < -0.3 is 31.2 Å². The van der Waals surface area contributed by atoms with Crippen molar-refractivity contribution in [1.29, 1.82) is 0 Å². The van der Waals surface area contributed by atoms with Crippen LogP contribution < -0.4 is 21.3 Å². The molecule has 2 aromatic heterocycles. The molecule has 1 saturated heterocycles. The minimum absolute atomic E-state index is 0.173. The number of amides is 3. The summed E-state index contributed by atoms with van der Waals surface area (Å²) in [6.07, 6.45) is 5.81. The standard InChI is InChI=1S/C38H42N6O4/c1-24(45)33(19-25-9-3-2-4-10-25)42-37(47)35(21-28-23-41-32-14-8-6-12-30(28)32)44-38(48)34(43-36(46)26-15-17-39-18-16-26)20-27-22-40-31-13-7-5-11-29(27)31/h2-14,22-23,26,33-35,39-41H,15-21H2,1H3,(H,42,47)(H,43,46)(H,44,48). The molecule has 6 rings (SSSR count). The Kier molecular flexibility index (Phi) is 10.3. The highest BCUT2D eigenvalue weighted by atomic mass is 16.2. The van der Waals surface area contributed by atoms with E-state index in [1.165, 1.54) is 6.92 Å². The fraction of sp³-hybridized carbons (Fsp3) is 0.316. The third-order valence-electron chi connectivity index (χ3n) is 9.26. The van der Waals surface area contributed by atoms with Crippen LogP contribution in [0, 0.1) is 5.92 Å². The average Bonchev–Trinajstić information content (AvgIpc) is 3.72. The maximum atomic E-state index is 14.2. The Bertz CT molecular complexity index is 1890. The fourth-order valence-electron chi connectivity index (χ4n) is 6.52. The highest BCUT2D eigenvalue weighted by molar-refractivity contribution is 5.96. The molecule has 10 nitrogen and oxygen atoms in total. The van der Waals surface area contributed by atoms with E-state index in [0.29, 0.717) is 19.3 Å².